The van der Waals surface area contributed by atoms with Gasteiger partial charge in [0.05, 0.1) is 15.5 Å². The van der Waals surface area contributed by atoms with Crippen molar-refractivity contribution in [2.75, 3.05) is 10.0 Å². The van der Waals surface area contributed by atoms with Gasteiger partial charge in [0.25, 0.3) is 15.7 Å². The maximum absolute atomic E-state index is 12.3. The number of nitrogens with one attached hydrogen (secondary N) is 2. The molecule has 0 aliphatic heterocycles. The average Bonchev–Trinajstić information content (AvgIpc) is 2.46. The SMILES string of the molecule is CC(=O)Nc1cccc(NS(=O)(=O)c2cccc([N+](=O)[O-])c2)c1. The highest BCUT2D eigenvalue weighted by molar-refractivity contribution is 7.92. The Hall–Kier alpha value is -2.94. The Morgan fingerprint density at radius 3 is 2.39 bits per heavy atom. The fourth-order valence-electron chi connectivity index (χ4n) is 1.84. The molecule has 0 saturated carbocycles. The molecule has 2 N–H and O–H groups in total. The smallest absolute Gasteiger partial charge is 0.270 e. The van der Waals surface area contributed by atoms with Gasteiger partial charge in [0.15, 0.2) is 0 Å². The number of benzene rings is 2. The first-order valence-electron chi connectivity index (χ1n) is 6.43. The first-order valence-corrected chi connectivity index (χ1v) is 7.91. The molecule has 0 saturated heterocycles. The van der Waals surface area contributed by atoms with Crippen molar-refractivity contribution in [1.29, 1.82) is 0 Å². The standard InChI is InChI=1S/C14H13N3O5S/c1-10(18)15-11-4-2-5-12(8-11)16-23(21,22)14-7-3-6-13(9-14)17(19)20/h2-9,16H,1H3,(H,15,18). The van der Waals surface area contributed by atoms with E-state index in [9.17, 15) is 23.3 Å². The molecule has 8 nitrogen and oxygen atoms in total. The summed E-state index contributed by atoms with van der Waals surface area (Å²) >= 11 is 0. The minimum Gasteiger partial charge on any atom is -0.326 e. The predicted octanol–water partition coefficient (Wildman–Crippen LogP) is 2.35. The Morgan fingerprint density at radius 2 is 1.74 bits per heavy atom. The van der Waals surface area contributed by atoms with Crippen LogP contribution >= 0.6 is 0 Å². The van der Waals surface area contributed by atoms with Gasteiger partial charge in [0.1, 0.15) is 0 Å². The normalized spacial score (nSPS) is 10.8. The van der Waals surface area contributed by atoms with Crippen LogP contribution in [0.25, 0.3) is 0 Å². The Kier molecular flexibility index (Phi) is 4.60. The summed E-state index contributed by atoms with van der Waals surface area (Å²) in [4.78, 5) is 20.9. The molecule has 0 heterocycles. The van der Waals surface area contributed by atoms with Gasteiger partial charge in [-0.25, -0.2) is 8.42 Å². The highest BCUT2D eigenvalue weighted by atomic mass is 32.2. The Labute approximate surface area is 132 Å². The van der Waals surface area contributed by atoms with Crippen molar-refractivity contribution in [2.24, 2.45) is 0 Å². The largest absolute Gasteiger partial charge is 0.326 e. The molecular weight excluding hydrogens is 322 g/mol. The summed E-state index contributed by atoms with van der Waals surface area (Å²) in [6.07, 6.45) is 0. The number of carbonyl (C=O) groups excluding carboxylic acids is 1. The molecule has 0 fully saturated rings. The van der Waals surface area contributed by atoms with Crippen LogP contribution in [0.15, 0.2) is 53.4 Å². The number of non-ortho nitro benzene ring substituents is 1. The Bertz CT molecular complexity index is 864. The van der Waals surface area contributed by atoms with E-state index < -0.39 is 14.9 Å². The molecule has 0 aliphatic carbocycles. The number of nitro groups is 1. The highest BCUT2D eigenvalue weighted by Gasteiger charge is 2.17. The molecule has 0 bridgehead atoms. The van der Waals surface area contributed by atoms with Gasteiger partial charge in [0.2, 0.25) is 5.91 Å². The van der Waals surface area contributed by atoms with E-state index in [1.165, 1.54) is 37.3 Å². The zero-order chi connectivity index (χ0) is 17.0. The first kappa shape index (κ1) is 16.4. The van der Waals surface area contributed by atoms with Crippen LogP contribution in [-0.2, 0) is 14.8 Å². The number of anilines is 2. The van der Waals surface area contributed by atoms with E-state index >= 15 is 0 Å². The zero-order valence-electron chi connectivity index (χ0n) is 12.0. The number of amides is 1. The fraction of sp³-hybridized carbons (Fsp3) is 0.0714. The van der Waals surface area contributed by atoms with E-state index in [-0.39, 0.29) is 22.2 Å². The number of hydrogen-bond acceptors (Lipinski definition) is 5. The van der Waals surface area contributed by atoms with Crippen LogP contribution in [0, 0.1) is 10.1 Å². The van der Waals surface area contributed by atoms with Crippen LogP contribution < -0.4 is 10.0 Å². The van der Waals surface area contributed by atoms with E-state index in [0.29, 0.717) is 5.69 Å². The van der Waals surface area contributed by atoms with Crippen molar-refractivity contribution >= 4 is 33.0 Å². The van der Waals surface area contributed by atoms with Crippen molar-refractivity contribution in [3.63, 3.8) is 0 Å². The van der Waals surface area contributed by atoms with Gasteiger partial charge in [-0.1, -0.05) is 12.1 Å². The van der Waals surface area contributed by atoms with Crippen molar-refractivity contribution in [2.45, 2.75) is 11.8 Å². The quantitative estimate of drug-likeness (QED) is 0.642. The van der Waals surface area contributed by atoms with Crippen LogP contribution in [-0.4, -0.2) is 19.2 Å². The number of hydrogen-bond donors (Lipinski definition) is 2. The molecular formula is C14H13N3O5S. The van der Waals surface area contributed by atoms with Crippen molar-refractivity contribution < 1.29 is 18.1 Å². The lowest BCUT2D eigenvalue weighted by atomic mass is 10.3. The second-order valence-electron chi connectivity index (χ2n) is 4.62. The molecule has 0 atom stereocenters. The van der Waals surface area contributed by atoms with Gasteiger partial charge in [-0.2, -0.15) is 0 Å². The third kappa shape index (κ3) is 4.27. The summed E-state index contributed by atoms with van der Waals surface area (Å²) in [5, 5.41) is 13.3. The molecule has 0 spiro atoms. The van der Waals surface area contributed by atoms with Gasteiger partial charge < -0.3 is 5.32 Å². The molecule has 2 rings (SSSR count). The van der Waals surface area contributed by atoms with Gasteiger partial charge in [0, 0.05) is 24.7 Å². The summed E-state index contributed by atoms with van der Waals surface area (Å²) in [5.41, 5.74) is 0.333. The van der Waals surface area contributed by atoms with E-state index in [2.05, 4.69) is 10.0 Å². The topological polar surface area (TPSA) is 118 Å². The van der Waals surface area contributed by atoms with E-state index in [1.807, 2.05) is 0 Å². The Morgan fingerprint density at radius 1 is 1.09 bits per heavy atom. The summed E-state index contributed by atoms with van der Waals surface area (Å²) in [6, 6.07) is 10.8. The third-order valence-corrected chi connectivity index (χ3v) is 4.15. The summed E-state index contributed by atoms with van der Waals surface area (Å²) < 4.78 is 26.9. The maximum Gasteiger partial charge on any atom is 0.270 e. The van der Waals surface area contributed by atoms with Crippen LogP contribution in [0.2, 0.25) is 0 Å². The number of nitro benzene ring substituents is 1. The minimum atomic E-state index is -3.98. The summed E-state index contributed by atoms with van der Waals surface area (Å²) in [6.45, 7) is 1.33. The van der Waals surface area contributed by atoms with Crippen LogP contribution in [0.5, 0.6) is 0 Å². The van der Waals surface area contributed by atoms with Crippen molar-refractivity contribution in [3.8, 4) is 0 Å². The third-order valence-electron chi connectivity index (χ3n) is 2.77. The molecule has 23 heavy (non-hydrogen) atoms. The lowest BCUT2D eigenvalue weighted by molar-refractivity contribution is -0.385. The molecule has 2 aromatic rings. The molecule has 0 radical (unpaired) electrons. The number of rotatable bonds is 5. The molecule has 9 heteroatoms. The van der Waals surface area contributed by atoms with Gasteiger partial charge in [-0.15, -0.1) is 0 Å². The van der Waals surface area contributed by atoms with Crippen molar-refractivity contribution in [1.82, 2.24) is 0 Å². The minimum absolute atomic E-state index is 0.225. The maximum atomic E-state index is 12.3. The van der Waals surface area contributed by atoms with Crippen LogP contribution in [0.1, 0.15) is 6.92 Å². The Balaban J connectivity index is 2.29. The molecule has 2 aromatic carbocycles. The average molecular weight is 335 g/mol. The first-order chi connectivity index (χ1) is 10.8. The molecule has 120 valence electrons. The van der Waals surface area contributed by atoms with E-state index in [4.69, 9.17) is 0 Å². The van der Waals surface area contributed by atoms with Gasteiger partial charge in [-0.05, 0) is 24.3 Å². The van der Waals surface area contributed by atoms with Crippen LogP contribution in [0.3, 0.4) is 0 Å². The number of sulfonamides is 1. The second-order valence-corrected chi connectivity index (χ2v) is 6.30. The summed E-state index contributed by atoms with van der Waals surface area (Å²) in [5.74, 6) is -0.288. The van der Waals surface area contributed by atoms with Gasteiger partial charge >= 0.3 is 0 Å². The lowest BCUT2D eigenvalue weighted by Gasteiger charge is -2.09. The summed E-state index contributed by atoms with van der Waals surface area (Å²) in [7, 11) is -3.98. The van der Waals surface area contributed by atoms with E-state index in [0.717, 1.165) is 6.07 Å². The zero-order valence-corrected chi connectivity index (χ0v) is 12.8. The van der Waals surface area contributed by atoms with Gasteiger partial charge in [-0.3, -0.25) is 19.6 Å². The van der Waals surface area contributed by atoms with E-state index in [1.54, 1.807) is 12.1 Å². The molecule has 1 amide bonds. The monoisotopic (exact) mass is 335 g/mol. The van der Waals surface area contributed by atoms with Crippen molar-refractivity contribution in [3.05, 3.63) is 58.6 Å². The highest BCUT2D eigenvalue weighted by Crippen LogP contribution is 2.22. The fourth-order valence-corrected chi connectivity index (χ4v) is 2.93. The lowest BCUT2D eigenvalue weighted by Crippen LogP contribution is -2.13. The molecule has 0 aliphatic rings. The molecule has 0 unspecified atom stereocenters. The van der Waals surface area contributed by atoms with Crippen LogP contribution in [0.4, 0.5) is 17.1 Å². The number of carbonyl (C=O) groups is 1. The second kappa shape index (κ2) is 6.44. The number of nitrogens with zero attached hydrogens (tertiary/aromatic N) is 1. The molecule has 0 aromatic heterocycles. The predicted molar refractivity (Wildman–Crippen MR) is 84.7 cm³/mol.